The summed E-state index contributed by atoms with van der Waals surface area (Å²) >= 11 is 0. The fourth-order valence-electron chi connectivity index (χ4n) is 2.08. The van der Waals surface area contributed by atoms with E-state index in [9.17, 15) is 22.8 Å². The first-order chi connectivity index (χ1) is 12.7. The van der Waals surface area contributed by atoms with E-state index in [0.29, 0.717) is 11.3 Å². The summed E-state index contributed by atoms with van der Waals surface area (Å²) in [6.07, 6.45) is -3.47. The Kier molecular flexibility index (Phi) is 5.98. The van der Waals surface area contributed by atoms with Crippen LogP contribution in [0.3, 0.4) is 0 Å². The Labute approximate surface area is 153 Å². The van der Waals surface area contributed by atoms with E-state index in [1.807, 2.05) is 0 Å². The molecule has 2 aromatic carbocycles. The number of alkyl halides is 3. The van der Waals surface area contributed by atoms with Gasteiger partial charge in [0, 0.05) is 23.1 Å². The zero-order valence-electron chi connectivity index (χ0n) is 14.1. The number of nitrogens with one attached hydrogen (secondary N) is 2. The van der Waals surface area contributed by atoms with Gasteiger partial charge in [-0.1, -0.05) is 6.07 Å². The van der Waals surface area contributed by atoms with E-state index in [2.05, 4.69) is 10.6 Å². The van der Waals surface area contributed by atoms with Gasteiger partial charge in [-0.25, -0.2) is 0 Å². The Hall–Kier alpha value is -3.60. The monoisotopic (exact) mass is 373 g/mol. The molecule has 0 unspecified atom stereocenters. The Bertz CT molecular complexity index is 926. The molecule has 0 heterocycles. The molecular weight excluding hydrogens is 359 g/mol. The van der Waals surface area contributed by atoms with Crippen LogP contribution in [-0.4, -0.2) is 11.7 Å². The lowest BCUT2D eigenvalue weighted by molar-refractivity contribution is -0.137. The molecule has 0 aliphatic heterocycles. The summed E-state index contributed by atoms with van der Waals surface area (Å²) in [4.78, 5) is 23.3. The van der Waals surface area contributed by atoms with Crippen LogP contribution in [0.2, 0.25) is 0 Å². The van der Waals surface area contributed by atoms with Crippen LogP contribution in [0.1, 0.15) is 22.8 Å². The molecule has 0 bridgehead atoms. The molecule has 2 N–H and O–H groups in total. The maximum atomic E-state index is 12.7. The van der Waals surface area contributed by atoms with E-state index in [1.165, 1.54) is 43.3 Å². The number of halogens is 3. The quantitative estimate of drug-likeness (QED) is 0.463. The van der Waals surface area contributed by atoms with Crippen molar-refractivity contribution in [3.05, 3.63) is 71.4 Å². The van der Waals surface area contributed by atoms with Crippen molar-refractivity contribution in [1.82, 2.24) is 0 Å². The van der Waals surface area contributed by atoms with Crippen molar-refractivity contribution in [2.45, 2.75) is 13.1 Å². The molecule has 2 aromatic rings. The van der Waals surface area contributed by atoms with Crippen molar-refractivity contribution < 1.29 is 22.8 Å². The number of carbonyl (C=O) groups is 2. The van der Waals surface area contributed by atoms with Crippen LogP contribution in [0.5, 0.6) is 0 Å². The summed E-state index contributed by atoms with van der Waals surface area (Å²) in [7, 11) is 0. The molecule has 0 fully saturated rings. The number of carbonyl (C=O) groups excluding carboxylic acids is 2. The zero-order valence-corrected chi connectivity index (χ0v) is 14.1. The molecule has 8 heteroatoms. The molecule has 0 aliphatic rings. The van der Waals surface area contributed by atoms with E-state index in [4.69, 9.17) is 5.26 Å². The second kappa shape index (κ2) is 8.19. The lowest BCUT2D eigenvalue weighted by Crippen LogP contribution is -2.14. The number of anilines is 2. The van der Waals surface area contributed by atoms with Crippen LogP contribution < -0.4 is 10.6 Å². The third-order valence-electron chi connectivity index (χ3n) is 3.49. The minimum absolute atomic E-state index is 0.0798. The summed E-state index contributed by atoms with van der Waals surface area (Å²) in [5.41, 5.74) is -0.269. The van der Waals surface area contributed by atoms with Gasteiger partial charge in [-0.15, -0.1) is 0 Å². The van der Waals surface area contributed by atoms with Crippen molar-refractivity contribution in [2.24, 2.45) is 0 Å². The lowest BCUT2D eigenvalue weighted by atomic mass is 10.1. The lowest BCUT2D eigenvalue weighted by Gasteiger charge is -2.09. The number of nitrogens with zero attached hydrogens (tertiary/aromatic N) is 1. The van der Waals surface area contributed by atoms with Gasteiger partial charge in [0.1, 0.15) is 11.6 Å². The second-order valence-electron chi connectivity index (χ2n) is 5.48. The summed E-state index contributed by atoms with van der Waals surface area (Å²) in [5.74, 6) is -0.872. The number of hydrogen-bond donors (Lipinski definition) is 2. The molecule has 2 rings (SSSR count). The van der Waals surface area contributed by atoms with Crippen molar-refractivity contribution in [1.29, 1.82) is 5.26 Å². The fourth-order valence-corrected chi connectivity index (χ4v) is 2.08. The average molecular weight is 373 g/mol. The molecular formula is C19H14F3N3O2. The van der Waals surface area contributed by atoms with Crippen LogP contribution in [0.15, 0.2) is 60.3 Å². The first kappa shape index (κ1) is 19.7. The van der Waals surface area contributed by atoms with Crippen molar-refractivity contribution in [3.63, 3.8) is 0 Å². The number of benzene rings is 2. The van der Waals surface area contributed by atoms with Crippen molar-refractivity contribution >= 4 is 23.1 Å². The fraction of sp³-hybridized carbons (Fsp3) is 0.105. The highest BCUT2D eigenvalue weighted by atomic mass is 19.4. The summed E-state index contributed by atoms with van der Waals surface area (Å²) < 4.78 is 38.1. The van der Waals surface area contributed by atoms with Crippen LogP contribution >= 0.6 is 0 Å². The standard InChI is InChI=1S/C19H14F3N3O2/c1-12(26)13-5-7-16(8-6-13)25-18(27)14(10-23)11-24-17-4-2-3-15(9-17)19(20,21)22/h2-9,11,24H,1H3,(H,25,27)/b14-11-. The number of hydrogen-bond acceptors (Lipinski definition) is 4. The minimum atomic E-state index is -4.50. The highest BCUT2D eigenvalue weighted by Gasteiger charge is 2.30. The number of nitriles is 1. The molecule has 0 atom stereocenters. The molecule has 0 saturated heterocycles. The van der Waals surface area contributed by atoms with Crippen molar-refractivity contribution in [3.8, 4) is 6.07 Å². The maximum absolute atomic E-state index is 12.7. The Balaban J connectivity index is 2.10. The summed E-state index contributed by atoms with van der Waals surface area (Å²) in [5, 5.41) is 14.1. The van der Waals surface area contributed by atoms with E-state index >= 15 is 0 Å². The van der Waals surface area contributed by atoms with Gasteiger partial charge in [-0.2, -0.15) is 18.4 Å². The predicted molar refractivity (Wildman–Crippen MR) is 93.8 cm³/mol. The van der Waals surface area contributed by atoms with Gasteiger partial charge < -0.3 is 10.6 Å². The molecule has 0 aromatic heterocycles. The Morgan fingerprint density at radius 1 is 1.07 bits per heavy atom. The first-order valence-corrected chi connectivity index (χ1v) is 7.67. The van der Waals surface area contributed by atoms with Gasteiger partial charge in [0.2, 0.25) is 0 Å². The largest absolute Gasteiger partial charge is 0.416 e. The predicted octanol–water partition coefficient (Wildman–Crippen LogP) is 4.37. The summed E-state index contributed by atoms with van der Waals surface area (Å²) in [6, 6.07) is 12.1. The van der Waals surface area contributed by atoms with Crippen LogP contribution in [0.25, 0.3) is 0 Å². The van der Waals surface area contributed by atoms with E-state index in [1.54, 1.807) is 6.07 Å². The highest BCUT2D eigenvalue weighted by Crippen LogP contribution is 2.30. The smallest absolute Gasteiger partial charge is 0.360 e. The molecule has 0 radical (unpaired) electrons. The second-order valence-corrected chi connectivity index (χ2v) is 5.48. The molecule has 0 aliphatic carbocycles. The summed E-state index contributed by atoms with van der Waals surface area (Å²) in [6.45, 7) is 1.41. The van der Waals surface area contributed by atoms with E-state index < -0.39 is 17.6 Å². The minimum Gasteiger partial charge on any atom is -0.360 e. The van der Waals surface area contributed by atoms with Gasteiger partial charge in [-0.3, -0.25) is 9.59 Å². The molecule has 0 saturated carbocycles. The topological polar surface area (TPSA) is 82.0 Å². The molecule has 0 spiro atoms. The van der Waals surface area contributed by atoms with Crippen LogP contribution in [0, 0.1) is 11.3 Å². The van der Waals surface area contributed by atoms with Gasteiger partial charge in [0.25, 0.3) is 5.91 Å². The third kappa shape index (κ3) is 5.44. The maximum Gasteiger partial charge on any atom is 0.416 e. The molecule has 138 valence electrons. The molecule has 1 amide bonds. The molecule has 27 heavy (non-hydrogen) atoms. The number of amides is 1. The Morgan fingerprint density at radius 2 is 1.74 bits per heavy atom. The molecule has 5 nitrogen and oxygen atoms in total. The SMILES string of the molecule is CC(=O)c1ccc(NC(=O)/C(C#N)=C\Nc2cccc(C(F)(F)F)c2)cc1. The van der Waals surface area contributed by atoms with Crippen molar-refractivity contribution in [2.75, 3.05) is 10.6 Å². The van der Waals surface area contributed by atoms with Gasteiger partial charge in [0.15, 0.2) is 5.78 Å². The van der Waals surface area contributed by atoms with Gasteiger partial charge in [0.05, 0.1) is 5.56 Å². The first-order valence-electron chi connectivity index (χ1n) is 7.67. The van der Waals surface area contributed by atoms with Gasteiger partial charge in [-0.05, 0) is 49.4 Å². The number of ketones is 1. The Morgan fingerprint density at radius 3 is 2.30 bits per heavy atom. The van der Waals surface area contributed by atoms with Crippen LogP contribution in [-0.2, 0) is 11.0 Å². The average Bonchev–Trinajstić information content (AvgIpc) is 2.62. The number of rotatable bonds is 5. The van der Waals surface area contributed by atoms with E-state index in [0.717, 1.165) is 18.3 Å². The third-order valence-corrected chi connectivity index (χ3v) is 3.49. The van der Waals surface area contributed by atoms with E-state index in [-0.39, 0.29) is 17.0 Å². The highest BCUT2D eigenvalue weighted by molar-refractivity contribution is 6.07. The zero-order chi connectivity index (χ0) is 20.0. The number of Topliss-reactive ketones (excluding diaryl/α,β-unsaturated/α-hetero) is 1. The van der Waals surface area contributed by atoms with Crippen LogP contribution in [0.4, 0.5) is 24.5 Å². The normalized spacial score (nSPS) is 11.4. The van der Waals surface area contributed by atoms with Gasteiger partial charge >= 0.3 is 6.18 Å².